The van der Waals surface area contributed by atoms with Gasteiger partial charge in [-0.05, 0) is 63.4 Å². The Morgan fingerprint density at radius 1 is 1.30 bits per heavy atom. The Hall–Kier alpha value is -2.74. The van der Waals surface area contributed by atoms with Crippen LogP contribution in [0, 0.1) is 12.8 Å². The first-order valence-electron chi connectivity index (χ1n) is 11.8. The summed E-state index contributed by atoms with van der Waals surface area (Å²) in [5, 5.41) is 5.74. The van der Waals surface area contributed by atoms with Gasteiger partial charge in [0, 0.05) is 13.1 Å². The second-order valence-corrected chi connectivity index (χ2v) is 9.83. The van der Waals surface area contributed by atoms with Crippen molar-refractivity contribution in [2.24, 2.45) is 5.92 Å². The normalized spacial score (nSPS) is 26.0. The van der Waals surface area contributed by atoms with E-state index in [9.17, 15) is 14.4 Å². The molecule has 4 rings (SSSR count). The topological polar surface area (TPSA) is 91.4 Å². The number of aryl methyl sites for hydroxylation is 1. The lowest BCUT2D eigenvalue weighted by Gasteiger charge is -2.28. The van der Waals surface area contributed by atoms with Gasteiger partial charge in [0.15, 0.2) is 0 Å². The highest BCUT2D eigenvalue weighted by Crippen LogP contribution is 2.34. The molecule has 1 aliphatic heterocycles. The fraction of sp³-hybridized carbons (Fsp3) is 0.520. The van der Waals surface area contributed by atoms with Crippen molar-refractivity contribution in [3.8, 4) is 0 Å². The SMILES string of the molecule is Cc1ncsc1C1=C/C/C=C(/CNC(=O)C2CCCN2C(=O)[C@@H](NC=O)C2CC2)CC/C=C\1. The molecule has 2 fully saturated rings. The lowest BCUT2D eigenvalue weighted by Crippen LogP contribution is -2.53. The first-order valence-corrected chi connectivity index (χ1v) is 12.7. The molecule has 8 heteroatoms. The maximum Gasteiger partial charge on any atom is 0.246 e. The number of nitrogens with one attached hydrogen (secondary N) is 2. The van der Waals surface area contributed by atoms with Crippen LogP contribution in [0.15, 0.2) is 35.4 Å². The summed E-state index contributed by atoms with van der Waals surface area (Å²) in [7, 11) is 0. The van der Waals surface area contributed by atoms with Crippen LogP contribution in [0.2, 0.25) is 0 Å². The molecule has 1 saturated carbocycles. The quantitative estimate of drug-likeness (QED) is 0.453. The molecule has 1 saturated heterocycles. The first kappa shape index (κ1) is 23.4. The third-order valence-corrected chi connectivity index (χ3v) is 7.59. The van der Waals surface area contributed by atoms with Crippen LogP contribution in [0.25, 0.3) is 5.57 Å². The minimum absolute atomic E-state index is 0.102. The molecule has 1 aromatic rings. The van der Waals surface area contributed by atoms with Gasteiger partial charge in [0.1, 0.15) is 12.1 Å². The zero-order valence-electron chi connectivity index (χ0n) is 19.1. The molecular formula is C25H32N4O3S. The van der Waals surface area contributed by atoms with E-state index in [4.69, 9.17) is 0 Å². The van der Waals surface area contributed by atoms with Crippen molar-refractivity contribution in [2.45, 2.75) is 64.0 Å². The maximum atomic E-state index is 13.0. The van der Waals surface area contributed by atoms with E-state index in [0.29, 0.717) is 25.9 Å². The summed E-state index contributed by atoms with van der Waals surface area (Å²) in [6, 6.07) is -0.951. The van der Waals surface area contributed by atoms with E-state index in [0.717, 1.165) is 44.2 Å². The molecule has 2 aliphatic carbocycles. The number of carbonyl (C=O) groups is 3. The highest BCUT2D eigenvalue weighted by Gasteiger charge is 2.42. The van der Waals surface area contributed by atoms with Crippen LogP contribution in [0.4, 0.5) is 0 Å². The van der Waals surface area contributed by atoms with E-state index in [2.05, 4.69) is 39.9 Å². The summed E-state index contributed by atoms with van der Waals surface area (Å²) in [4.78, 5) is 44.2. The van der Waals surface area contributed by atoms with Crippen molar-refractivity contribution in [2.75, 3.05) is 13.1 Å². The third kappa shape index (κ3) is 5.79. The molecule has 0 bridgehead atoms. The number of amides is 3. The highest BCUT2D eigenvalue weighted by molar-refractivity contribution is 7.11. The van der Waals surface area contributed by atoms with Gasteiger partial charge in [-0.2, -0.15) is 0 Å². The van der Waals surface area contributed by atoms with Gasteiger partial charge in [0.25, 0.3) is 0 Å². The number of thiazole rings is 1. The zero-order chi connectivity index (χ0) is 23.2. The van der Waals surface area contributed by atoms with E-state index < -0.39 is 12.1 Å². The minimum Gasteiger partial charge on any atom is -0.351 e. The Balaban J connectivity index is 1.35. The van der Waals surface area contributed by atoms with Crippen LogP contribution < -0.4 is 10.6 Å². The minimum atomic E-state index is -0.497. The van der Waals surface area contributed by atoms with E-state index in [-0.39, 0.29) is 17.7 Å². The Kier molecular flexibility index (Phi) is 7.75. The molecule has 2 N–H and O–H groups in total. The summed E-state index contributed by atoms with van der Waals surface area (Å²) in [5.41, 5.74) is 5.32. The number of nitrogens with zero attached hydrogens (tertiary/aromatic N) is 2. The maximum absolute atomic E-state index is 13.0. The van der Waals surface area contributed by atoms with Crippen molar-refractivity contribution in [3.05, 3.63) is 46.0 Å². The van der Waals surface area contributed by atoms with Gasteiger partial charge < -0.3 is 15.5 Å². The fourth-order valence-electron chi connectivity index (χ4n) is 4.62. The van der Waals surface area contributed by atoms with Gasteiger partial charge in [-0.15, -0.1) is 11.3 Å². The summed E-state index contributed by atoms with van der Waals surface area (Å²) < 4.78 is 0. The van der Waals surface area contributed by atoms with Crippen molar-refractivity contribution in [1.29, 1.82) is 0 Å². The number of hydrogen-bond acceptors (Lipinski definition) is 5. The largest absolute Gasteiger partial charge is 0.351 e. The molecule has 33 heavy (non-hydrogen) atoms. The number of aromatic nitrogens is 1. The zero-order valence-corrected chi connectivity index (χ0v) is 19.9. The first-order chi connectivity index (χ1) is 16.1. The van der Waals surface area contributed by atoms with Crippen LogP contribution in [0.5, 0.6) is 0 Å². The van der Waals surface area contributed by atoms with Crippen LogP contribution in [-0.4, -0.2) is 53.3 Å². The molecule has 1 aromatic heterocycles. The lowest BCUT2D eigenvalue weighted by molar-refractivity contribution is -0.141. The fourth-order valence-corrected chi connectivity index (χ4v) is 5.45. The third-order valence-electron chi connectivity index (χ3n) is 6.62. The predicted molar refractivity (Wildman–Crippen MR) is 129 cm³/mol. The Bertz CT molecular complexity index is 976. The van der Waals surface area contributed by atoms with Gasteiger partial charge in [-0.3, -0.25) is 14.4 Å². The Labute approximate surface area is 199 Å². The average Bonchev–Trinajstić information content (AvgIpc) is 3.32. The number of likely N-dealkylation sites (tertiary alicyclic amines) is 1. The van der Waals surface area contributed by atoms with Crippen LogP contribution in [0.3, 0.4) is 0 Å². The molecule has 1 unspecified atom stereocenters. The van der Waals surface area contributed by atoms with Gasteiger partial charge in [-0.25, -0.2) is 4.98 Å². The lowest BCUT2D eigenvalue weighted by atomic mass is 10.1. The number of hydrogen-bond donors (Lipinski definition) is 2. The highest BCUT2D eigenvalue weighted by atomic mass is 32.1. The molecule has 176 valence electrons. The van der Waals surface area contributed by atoms with Crippen molar-refractivity contribution < 1.29 is 14.4 Å². The van der Waals surface area contributed by atoms with Crippen molar-refractivity contribution in [1.82, 2.24) is 20.5 Å². The molecular weight excluding hydrogens is 436 g/mol. The summed E-state index contributed by atoms with van der Waals surface area (Å²) >= 11 is 1.66. The van der Waals surface area contributed by atoms with E-state index in [1.54, 1.807) is 16.2 Å². The standard InChI is InChI=1S/C25H32N4O3S/c1-17-23(33-16-28-17)20-8-3-2-6-18(7-4-9-20)14-26-24(31)21-10-5-13-29(21)25(32)22(27-15-30)19-11-12-19/h3,7-9,15-16,19,21-22H,2,4-6,10-14H2,1H3,(H,26,31)(H,27,30)/b8-3-,18-7+,20-9+/t21?,22-/m0/s1. The van der Waals surface area contributed by atoms with Gasteiger partial charge in [0.2, 0.25) is 18.2 Å². The van der Waals surface area contributed by atoms with Crippen LogP contribution in [-0.2, 0) is 14.4 Å². The number of rotatable bonds is 8. The van der Waals surface area contributed by atoms with Gasteiger partial charge in [0.05, 0.1) is 16.1 Å². The second-order valence-electron chi connectivity index (χ2n) is 8.97. The van der Waals surface area contributed by atoms with E-state index in [1.807, 2.05) is 12.4 Å². The van der Waals surface area contributed by atoms with Crippen molar-refractivity contribution >= 4 is 35.1 Å². The number of carbonyl (C=O) groups excluding carboxylic acids is 3. The molecule has 7 nitrogen and oxygen atoms in total. The molecule has 0 radical (unpaired) electrons. The summed E-state index contributed by atoms with van der Waals surface area (Å²) in [5.74, 6) is -0.0184. The molecule has 2 atom stereocenters. The van der Waals surface area contributed by atoms with Crippen LogP contribution >= 0.6 is 11.3 Å². The Morgan fingerprint density at radius 2 is 2.15 bits per heavy atom. The average molecular weight is 469 g/mol. The summed E-state index contributed by atoms with van der Waals surface area (Å²) in [6.45, 7) is 3.09. The number of allylic oxidation sites excluding steroid dienone is 5. The summed E-state index contributed by atoms with van der Waals surface area (Å²) in [6.07, 6.45) is 15.3. The predicted octanol–water partition coefficient (Wildman–Crippen LogP) is 3.13. The van der Waals surface area contributed by atoms with Crippen molar-refractivity contribution in [3.63, 3.8) is 0 Å². The molecule has 2 heterocycles. The molecule has 0 spiro atoms. The van der Waals surface area contributed by atoms with Gasteiger partial charge >= 0.3 is 0 Å². The smallest absolute Gasteiger partial charge is 0.246 e. The monoisotopic (exact) mass is 468 g/mol. The van der Waals surface area contributed by atoms with E-state index in [1.165, 1.54) is 16.0 Å². The second kappa shape index (κ2) is 10.9. The van der Waals surface area contributed by atoms with Crippen LogP contribution in [0.1, 0.15) is 55.5 Å². The molecule has 3 aliphatic rings. The van der Waals surface area contributed by atoms with Gasteiger partial charge in [-0.1, -0.05) is 29.9 Å². The van der Waals surface area contributed by atoms with E-state index >= 15 is 0 Å². The molecule has 3 amide bonds. The Morgan fingerprint density at radius 3 is 2.88 bits per heavy atom. The molecule has 0 aromatic carbocycles.